The number of morpholine rings is 1. The fourth-order valence-corrected chi connectivity index (χ4v) is 3.02. The van der Waals surface area contributed by atoms with E-state index in [0.29, 0.717) is 51.0 Å². The van der Waals surface area contributed by atoms with Crippen molar-refractivity contribution in [3.8, 4) is 5.75 Å². The van der Waals surface area contributed by atoms with Gasteiger partial charge in [0.2, 0.25) is 0 Å². The Balaban J connectivity index is 1.33. The van der Waals surface area contributed by atoms with E-state index < -0.39 is 0 Å². The molecule has 1 fully saturated rings. The molecule has 0 radical (unpaired) electrons. The van der Waals surface area contributed by atoms with Gasteiger partial charge in [-0.15, -0.1) is 0 Å². The maximum absolute atomic E-state index is 12.5. The molecule has 8 heteroatoms. The third-order valence-corrected chi connectivity index (χ3v) is 4.41. The van der Waals surface area contributed by atoms with E-state index in [-0.39, 0.29) is 5.91 Å². The summed E-state index contributed by atoms with van der Waals surface area (Å²) in [6.45, 7) is 3.21. The number of amides is 1. The van der Waals surface area contributed by atoms with Gasteiger partial charge in [-0.3, -0.25) is 14.8 Å². The Labute approximate surface area is 162 Å². The number of aromatic nitrogens is 3. The van der Waals surface area contributed by atoms with Crippen molar-refractivity contribution in [1.82, 2.24) is 19.9 Å². The van der Waals surface area contributed by atoms with Crippen molar-refractivity contribution in [2.24, 2.45) is 0 Å². The number of benzene rings is 1. The van der Waals surface area contributed by atoms with Gasteiger partial charge in [0.1, 0.15) is 29.4 Å². The molecule has 0 saturated carbocycles. The van der Waals surface area contributed by atoms with Crippen molar-refractivity contribution in [3.05, 3.63) is 54.6 Å². The number of nitrogens with one attached hydrogen (secondary N) is 1. The molecule has 3 aromatic rings. The summed E-state index contributed by atoms with van der Waals surface area (Å²) in [5.41, 5.74) is 1.16. The number of nitrogens with zero attached hydrogens (tertiary/aromatic N) is 4. The first kappa shape index (κ1) is 18.1. The number of para-hydroxylation sites is 1. The van der Waals surface area contributed by atoms with E-state index in [0.717, 1.165) is 16.7 Å². The van der Waals surface area contributed by atoms with E-state index in [2.05, 4.69) is 20.3 Å². The van der Waals surface area contributed by atoms with Crippen molar-refractivity contribution in [3.63, 3.8) is 0 Å². The lowest BCUT2D eigenvalue weighted by molar-refractivity contribution is 0.0299. The lowest BCUT2D eigenvalue weighted by Gasteiger charge is -2.26. The second kappa shape index (κ2) is 8.62. The van der Waals surface area contributed by atoms with Crippen molar-refractivity contribution in [2.75, 3.05) is 44.8 Å². The summed E-state index contributed by atoms with van der Waals surface area (Å²) < 4.78 is 11.1. The fourth-order valence-electron chi connectivity index (χ4n) is 3.02. The van der Waals surface area contributed by atoms with Gasteiger partial charge in [0.15, 0.2) is 0 Å². The largest absolute Gasteiger partial charge is 0.489 e. The maximum Gasteiger partial charge on any atom is 0.274 e. The Hall–Kier alpha value is -3.26. The van der Waals surface area contributed by atoms with E-state index >= 15 is 0 Å². The fraction of sp³-hybridized carbons (Fsp3) is 0.300. The first-order valence-electron chi connectivity index (χ1n) is 9.21. The summed E-state index contributed by atoms with van der Waals surface area (Å²) >= 11 is 0. The summed E-state index contributed by atoms with van der Waals surface area (Å²) in [5, 5.41) is 4.18. The number of pyridine rings is 1. The molecule has 3 heterocycles. The molecular weight excluding hydrogens is 358 g/mol. The average molecular weight is 379 g/mol. The SMILES string of the molecule is O=C(c1cncc(NCCOc2cccc3cccnc23)n1)N1CCOCC1. The summed E-state index contributed by atoms with van der Waals surface area (Å²) in [6.07, 6.45) is 4.83. The third kappa shape index (κ3) is 4.17. The highest BCUT2D eigenvalue weighted by Crippen LogP contribution is 2.22. The Morgan fingerprint density at radius 2 is 2.04 bits per heavy atom. The van der Waals surface area contributed by atoms with Crippen molar-refractivity contribution < 1.29 is 14.3 Å². The van der Waals surface area contributed by atoms with Crippen LogP contribution in [0.3, 0.4) is 0 Å². The molecule has 28 heavy (non-hydrogen) atoms. The van der Waals surface area contributed by atoms with E-state index in [1.807, 2.05) is 30.3 Å². The van der Waals surface area contributed by atoms with Gasteiger partial charge < -0.3 is 19.7 Å². The summed E-state index contributed by atoms with van der Waals surface area (Å²) in [5.74, 6) is 1.15. The molecule has 1 aromatic carbocycles. The van der Waals surface area contributed by atoms with Gasteiger partial charge in [-0.25, -0.2) is 4.98 Å². The molecule has 0 spiro atoms. The number of anilines is 1. The minimum Gasteiger partial charge on any atom is -0.489 e. The number of carbonyl (C=O) groups is 1. The van der Waals surface area contributed by atoms with Crippen LogP contribution in [-0.2, 0) is 4.74 Å². The molecule has 0 atom stereocenters. The average Bonchev–Trinajstić information content (AvgIpc) is 2.77. The summed E-state index contributed by atoms with van der Waals surface area (Å²) in [6, 6.07) is 9.74. The summed E-state index contributed by atoms with van der Waals surface area (Å²) in [7, 11) is 0. The quantitative estimate of drug-likeness (QED) is 0.655. The molecule has 8 nitrogen and oxygen atoms in total. The number of carbonyl (C=O) groups excluding carboxylic acids is 1. The Bertz CT molecular complexity index is 954. The van der Waals surface area contributed by atoms with E-state index in [1.165, 1.54) is 6.20 Å². The Kier molecular flexibility index (Phi) is 5.58. The van der Waals surface area contributed by atoms with E-state index in [1.54, 1.807) is 17.3 Å². The monoisotopic (exact) mass is 379 g/mol. The van der Waals surface area contributed by atoms with Gasteiger partial charge in [-0.2, -0.15) is 0 Å². The smallest absolute Gasteiger partial charge is 0.274 e. The first-order valence-corrected chi connectivity index (χ1v) is 9.21. The van der Waals surface area contributed by atoms with Crippen molar-refractivity contribution >= 4 is 22.6 Å². The lowest BCUT2D eigenvalue weighted by Crippen LogP contribution is -2.41. The van der Waals surface area contributed by atoms with E-state index in [9.17, 15) is 4.79 Å². The van der Waals surface area contributed by atoms with Crippen LogP contribution in [0.25, 0.3) is 10.9 Å². The van der Waals surface area contributed by atoms with Gasteiger partial charge in [0, 0.05) is 24.7 Å². The highest BCUT2D eigenvalue weighted by Gasteiger charge is 2.20. The highest BCUT2D eigenvalue weighted by atomic mass is 16.5. The van der Waals surface area contributed by atoms with Crippen LogP contribution in [0.4, 0.5) is 5.82 Å². The van der Waals surface area contributed by atoms with Gasteiger partial charge in [0.25, 0.3) is 5.91 Å². The number of hydrogen-bond donors (Lipinski definition) is 1. The van der Waals surface area contributed by atoms with Gasteiger partial charge in [-0.1, -0.05) is 18.2 Å². The number of hydrogen-bond acceptors (Lipinski definition) is 7. The number of ether oxygens (including phenoxy) is 2. The minimum absolute atomic E-state index is 0.127. The molecule has 2 aromatic heterocycles. The molecule has 1 N–H and O–H groups in total. The molecule has 1 aliphatic rings. The Morgan fingerprint density at radius 3 is 2.93 bits per heavy atom. The second-order valence-electron chi connectivity index (χ2n) is 6.30. The van der Waals surface area contributed by atoms with Crippen LogP contribution in [0.2, 0.25) is 0 Å². The van der Waals surface area contributed by atoms with Gasteiger partial charge in [-0.05, 0) is 12.1 Å². The predicted molar refractivity (Wildman–Crippen MR) is 104 cm³/mol. The third-order valence-electron chi connectivity index (χ3n) is 4.41. The molecule has 1 aliphatic heterocycles. The zero-order chi connectivity index (χ0) is 19.2. The zero-order valence-corrected chi connectivity index (χ0v) is 15.4. The molecule has 0 aliphatic carbocycles. The minimum atomic E-state index is -0.127. The second-order valence-corrected chi connectivity index (χ2v) is 6.30. The molecule has 1 amide bonds. The molecule has 1 saturated heterocycles. The van der Waals surface area contributed by atoms with Crippen LogP contribution in [0, 0.1) is 0 Å². The van der Waals surface area contributed by atoms with Crippen LogP contribution < -0.4 is 10.1 Å². The van der Waals surface area contributed by atoms with Crippen molar-refractivity contribution in [1.29, 1.82) is 0 Å². The van der Waals surface area contributed by atoms with Gasteiger partial charge >= 0.3 is 0 Å². The number of rotatable bonds is 6. The molecular formula is C20H21N5O3. The standard InChI is InChI=1S/C20H21N5O3/c26-20(25-8-11-27-12-9-25)16-13-21-14-18(24-16)22-7-10-28-17-5-1-3-15-4-2-6-23-19(15)17/h1-6,13-14H,7-12H2,(H,22,24). The molecule has 0 unspecified atom stereocenters. The van der Waals surface area contributed by atoms with Crippen LogP contribution in [0.1, 0.15) is 10.5 Å². The van der Waals surface area contributed by atoms with Gasteiger partial charge in [0.05, 0.1) is 32.2 Å². The van der Waals surface area contributed by atoms with E-state index in [4.69, 9.17) is 9.47 Å². The highest BCUT2D eigenvalue weighted by molar-refractivity contribution is 5.92. The summed E-state index contributed by atoms with van der Waals surface area (Å²) in [4.78, 5) is 27.1. The zero-order valence-electron chi connectivity index (χ0n) is 15.4. The molecule has 0 bridgehead atoms. The van der Waals surface area contributed by atoms with Crippen LogP contribution in [-0.4, -0.2) is 65.2 Å². The maximum atomic E-state index is 12.5. The van der Waals surface area contributed by atoms with Crippen molar-refractivity contribution in [2.45, 2.75) is 0 Å². The Morgan fingerprint density at radius 1 is 1.18 bits per heavy atom. The first-order chi connectivity index (χ1) is 13.8. The van der Waals surface area contributed by atoms with Crippen LogP contribution >= 0.6 is 0 Å². The topological polar surface area (TPSA) is 89.5 Å². The predicted octanol–water partition coefficient (Wildman–Crippen LogP) is 1.99. The van der Waals surface area contributed by atoms with Crippen LogP contribution in [0.5, 0.6) is 5.75 Å². The molecule has 144 valence electrons. The lowest BCUT2D eigenvalue weighted by atomic mass is 10.2. The number of fused-ring (bicyclic) bond motifs is 1. The normalized spacial score (nSPS) is 14.1. The van der Waals surface area contributed by atoms with Crippen LogP contribution in [0.15, 0.2) is 48.9 Å². The molecule has 4 rings (SSSR count).